The van der Waals surface area contributed by atoms with Gasteiger partial charge < -0.3 is 5.32 Å². The minimum Gasteiger partial charge on any atom is -0.349 e. The number of hydrogen-bond acceptors (Lipinski definition) is 4. The molecule has 1 aromatic heterocycles. The lowest BCUT2D eigenvalue weighted by molar-refractivity contribution is 0.0951. The zero-order valence-electron chi connectivity index (χ0n) is 11.6. The van der Waals surface area contributed by atoms with Crippen molar-refractivity contribution in [3.63, 3.8) is 0 Å². The highest BCUT2D eigenvalue weighted by molar-refractivity contribution is 5.95. The molecule has 0 atom stereocenters. The average molecular weight is 271 g/mol. The number of hydrogen-bond donors (Lipinski definition) is 1. The van der Waals surface area contributed by atoms with E-state index in [0.717, 1.165) is 18.4 Å². The van der Waals surface area contributed by atoms with E-state index in [9.17, 15) is 4.79 Å². The summed E-state index contributed by atoms with van der Waals surface area (Å²) in [4.78, 5) is 12.1. The lowest BCUT2D eigenvalue weighted by Gasteiger charge is -2.09. The third-order valence-electron chi connectivity index (χ3n) is 3.28. The second kappa shape index (κ2) is 5.03. The highest BCUT2D eigenvalue weighted by Crippen LogP contribution is 2.22. The van der Waals surface area contributed by atoms with Crippen LogP contribution in [0.2, 0.25) is 0 Å². The molecule has 6 heteroatoms. The third-order valence-corrected chi connectivity index (χ3v) is 3.28. The van der Waals surface area contributed by atoms with E-state index in [0.29, 0.717) is 17.4 Å². The third kappa shape index (κ3) is 2.54. The highest BCUT2D eigenvalue weighted by atomic mass is 16.1. The predicted octanol–water partition coefficient (Wildman–Crippen LogP) is 1.81. The van der Waals surface area contributed by atoms with E-state index in [2.05, 4.69) is 20.8 Å². The van der Waals surface area contributed by atoms with E-state index in [4.69, 9.17) is 0 Å². The smallest absolute Gasteiger partial charge is 0.251 e. The first kappa shape index (κ1) is 12.8. The van der Waals surface area contributed by atoms with E-state index in [1.165, 1.54) is 0 Å². The molecule has 1 heterocycles. The average Bonchev–Trinajstić information content (AvgIpc) is 3.10. The van der Waals surface area contributed by atoms with Gasteiger partial charge in [0.1, 0.15) is 0 Å². The van der Waals surface area contributed by atoms with Gasteiger partial charge >= 0.3 is 0 Å². The molecule has 20 heavy (non-hydrogen) atoms. The molecule has 3 rings (SSSR count). The van der Waals surface area contributed by atoms with Crippen molar-refractivity contribution in [1.82, 2.24) is 25.5 Å². The Labute approximate surface area is 117 Å². The van der Waals surface area contributed by atoms with Crippen LogP contribution >= 0.6 is 0 Å². The van der Waals surface area contributed by atoms with E-state index in [1.54, 1.807) is 4.68 Å². The molecule has 1 fully saturated rings. The molecule has 1 saturated carbocycles. The molecule has 1 aromatic carbocycles. The second-order valence-corrected chi connectivity index (χ2v) is 5.37. The fourth-order valence-electron chi connectivity index (χ4n) is 2.03. The molecule has 6 nitrogen and oxygen atoms in total. The van der Waals surface area contributed by atoms with Crippen molar-refractivity contribution in [2.45, 2.75) is 38.8 Å². The van der Waals surface area contributed by atoms with Gasteiger partial charge in [0, 0.05) is 17.2 Å². The van der Waals surface area contributed by atoms with Crippen LogP contribution in [0.5, 0.6) is 0 Å². The maximum atomic E-state index is 12.1. The van der Waals surface area contributed by atoms with Crippen LogP contribution in [0, 0.1) is 0 Å². The fourth-order valence-corrected chi connectivity index (χ4v) is 2.03. The summed E-state index contributed by atoms with van der Waals surface area (Å²) in [6, 6.07) is 7.94. The van der Waals surface area contributed by atoms with Gasteiger partial charge in [0.2, 0.25) is 0 Å². The Morgan fingerprint density at radius 1 is 1.40 bits per heavy atom. The molecule has 1 N–H and O–H groups in total. The molecule has 2 aromatic rings. The largest absolute Gasteiger partial charge is 0.349 e. The Balaban J connectivity index is 1.90. The van der Waals surface area contributed by atoms with Crippen LogP contribution in [-0.2, 0) is 0 Å². The van der Waals surface area contributed by atoms with Crippen molar-refractivity contribution >= 4 is 5.91 Å². The molecule has 0 spiro atoms. The molecule has 0 unspecified atom stereocenters. The molecule has 104 valence electrons. The van der Waals surface area contributed by atoms with Gasteiger partial charge in [-0.1, -0.05) is 12.1 Å². The van der Waals surface area contributed by atoms with Gasteiger partial charge in [-0.15, -0.1) is 5.10 Å². The van der Waals surface area contributed by atoms with Crippen molar-refractivity contribution in [3.05, 3.63) is 29.8 Å². The second-order valence-electron chi connectivity index (χ2n) is 5.37. The number of amides is 1. The van der Waals surface area contributed by atoms with Crippen LogP contribution in [0.15, 0.2) is 24.3 Å². The minimum absolute atomic E-state index is 0.0297. The number of aromatic nitrogens is 4. The van der Waals surface area contributed by atoms with Gasteiger partial charge in [0.15, 0.2) is 5.82 Å². The van der Waals surface area contributed by atoms with Crippen molar-refractivity contribution in [3.8, 4) is 11.4 Å². The van der Waals surface area contributed by atoms with E-state index in [-0.39, 0.29) is 11.9 Å². The number of tetrazole rings is 1. The van der Waals surface area contributed by atoms with Gasteiger partial charge in [-0.05, 0) is 49.2 Å². The molecule has 0 radical (unpaired) electrons. The van der Waals surface area contributed by atoms with Crippen LogP contribution in [-0.4, -0.2) is 32.2 Å². The quantitative estimate of drug-likeness (QED) is 0.920. The SMILES string of the molecule is CC(C)n1nnnc1-c1cccc(C(=O)NC2CC2)c1. The Morgan fingerprint density at radius 2 is 2.20 bits per heavy atom. The molecule has 0 saturated heterocycles. The lowest BCUT2D eigenvalue weighted by atomic mass is 10.1. The standard InChI is InChI=1S/C14H17N5O/c1-9(2)19-13(16-17-18-19)10-4-3-5-11(8-10)14(20)15-12-6-7-12/h3-5,8-9,12H,6-7H2,1-2H3,(H,15,20). The summed E-state index contributed by atoms with van der Waals surface area (Å²) in [7, 11) is 0. The first-order valence-corrected chi connectivity index (χ1v) is 6.84. The fraction of sp³-hybridized carbons (Fsp3) is 0.429. The zero-order valence-corrected chi connectivity index (χ0v) is 11.6. The van der Waals surface area contributed by atoms with Crippen LogP contribution in [0.4, 0.5) is 0 Å². The van der Waals surface area contributed by atoms with Crippen LogP contribution in [0.1, 0.15) is 43.1 Å². The number of nitrogens with one attached hydrogen (secondary N) is 1. The van der Waals surface area contributed by atoms with Crippen molar-refractivity contribution in [2.75, 3.05) is 0 Å². The van der Waals surface area contributed by atoms with Crippen molar-refractivity contribution < 1.29 is 4.79 Å². The van der Waals surface area contributed by atoms with Gasteiger partial charge in [-0.25, -0.2) is 4.68 Å². The normalized spacial score (nSPS) is 14.6. The summed E-state index contributed by atoms with van der Waals surface area (Å²) in [5, 5.41) is 14.7. The maximum Gasteiger partial charge on any atom is 0.251 e. The van der Waals surface area contributed by atoms with E-state index in [1.807, 2.05) is 38.1 Å². The summed E-state index contributed by atoms with van der Waals surface area (Å²) in [5.74, 6) is 0.652. The molecule has 1 aliphatic rings. The Kier molecular flexibility index (Phi) is 3.22. The zero-order chi connectivity index (χ0) is 14.1. The summed E-state index contributed by atoms with van der Waals surface area (Å²) >= 11 is 0. The van der Waals surface area contributed by atoms with Gasteiger partial charge in [0.05, 0.1) is 6.04 Å². The number of carbonyl (C=O) groups is 1. The topological polar surface area (TPSA) is 72.7 Å². The van der Waals surface area contributed by atoms with Crippen molar-refractivity contribution in [2.24, 2.45) is 0 Å². The van der Waals surface area contributed by atoms with E-state index < -0.39 is 0 Å². The van der Waals surface area contributed by atoms with Gasteiger partial charge in [-0.3, -0.25) is 4.79 Å². The van der Waals surface area contributed by atoms with Crippen LogP contribution in [0.3, 0.4) is 0 Å². The number of carbonyl (C=O) groups excluding carboxylic acids is 1. The van der Waals surface area contributed by atoms with Crippen molar-refractivity contribution in [1.29, 1.82) is 0 Å². The molecule has 0 aliphatic heterocycles. The van der Waals surface area contributed by atoms with Crippen LogP contribution < -0.4 is 5.32 Å². The molecule has 0 bridgehead atoms. The minimum atomic E-state index is -0.0297. The Morgan fingerprint density at radius 3 is 2.90 bits per heavy atom. The number of benzene rings is 1. The maximum absolute atomic E-state index is 12.1. The molecule has 1 amide bonds. The summed E-state index contributed by atoms with van der Waals surface area (Å²) in [6.45, 7) is 4.03. The first-order valence-electron chi connectivity index (χ1n) is 6.84. The molecular weight excluding hydrogens is 254 g/mol. The summed E-state index contributed by atoms with van der Waals surface area (Å²) in [6.07, 6.45) is 2.16. The Hall–Kier alpha value is -2.24. The number of nitrogens with zero attached hydrogens (tertiary/aromatic N) is 4. The molecular formula is C14H17N5O. The predicted molar refractivity (Wildman–Crippen MR) is 74.1 cm³/mol. The Bertz CT molecular complexity index is 630. The van der Waals surface area contributed by atoms with Gasteiger partial charge in [-0.2, -0.15) is 0 Å². The number of rotatable bonds is 4. The highest BCUT2D eigenvalue weighted by Gasteiger charge is 2.24. The van der Waals surface area contributed by atoms with Crippen LogP contribution in [0.25, 0.3) is 11.4 Å². The van der Waals surface area contributed by atoms with E-state index >= 15 is 0 Å². The van der Waals surface area contributed by atoms with Gasteiger partial charge in [0.25, 0.3) is 5.91 Å². The molecule has 1 aliphatic carbocycles. The summed E-state index contributed by atoms with van der Waals surface area (Å²) in [5.41, 5.74) is 1.50. The monoisotopic (exact) mass is 271 g/mol. The summed E-state index contributed by atoms with van der Waals surface area (Å²) < 4.78 is 1.75. The lowest BCUT2D eigenvalue weighted by Crippen LogP contribution is -2.25. The first-order chi connectivity index (χ1) is 9.65.